The molecule has 1 unspecified atom stereocenters. The van der Waals surface area contributed by atoms with Crippen LogP contribution in [0, 0.1) is 0 Å². The van der Waals surface area contributed by atoms with Crippen LogP contribution in [0.2, 0.25) is 0 Å². The lowest BCUT2D eigenvalue weighted by atomic mass is 9.88. The number of carbonyl (C=O) groups excluding carboxylic acids is 3. The average Bonchev–Trinajstić information content (AvgIpc) is 3.15. The molecule has 4 fully saturated rings. The molecule has 3 heterocycles. The van der Waals surface area contributed by atoms with Crippen LogP contribution in [0.5, 0.6) is 0 Å². The summed E-state index contributed by atoms with van der Waals surface area (Å²) in [6, 6.07) is 17.4. The zero-order valence-electron chi connectivity index (χ0n) is 30.1. The summed E-state index contributed by atoms with van der Waals surface area (Å²) >= 11 is 12.9. The van der Waals surface area contributed by atoms with E-state index in [0.29, 0.717) is 25.7 Å². The van der Waals surface area contributed by atoms with Gasteiger partial charge < -0.3 is 43.6 Å². The molecule has 2 aromatic carbocycles. The molecule has 1 aliphatic carbocycles. The third-order valence-electron chi connectivity index (χ3n) is 9.64. The van der Waals surface area contributed by atoms with Gasteiger partial charge in [0.1, 0.15) is 31.0 Å². The topological polar surface area (TPSA) is 148 Å². The van der Waals surface area contributed by atoms with Gasteiger partial charge in [0.15, 0.2) is 4.33 Å². The summed E-state index contributed by atoms with van der Waals surface area (Å²) in [7, 11) is 0. The number of amides is 1. The first kappa shape index (κ1) is 41.2. The number of ether oxygens (including phenoxy) is 7. The van der Waals surface area contributed by atoms with Crippen molar-refractivity contribution in [2.45, 2.75) is 131 Å². The molecule has 6 rings (SSSR count). The van der Waals surface area contributed by atoms with E-state index in [-0.39, 0.29) is 45.6 Å². The van der Waals surface area contributed by atoms with Gasteiger partial charge in [0.25, 0.3) is 5.79 Å². The maximum atomic E-state index is 14.2. The molecule has 2 N–H and O–H groups in total. The molecule has 3 aliphatic heterocycles. The minimum Gasteiger partial charge on any atom is -0.462 e. The predicted molar refractivity (Wildman–Crippen MR) is 195 cm³/mol. The zero-order chi connectivity index (χ0) is 37.7. The maximum absolute atomic E-state index is 14.2. The van der Waals surface area contributed by atoms with Crippen molar-refractivity contribution in [1.29, 1.82) is 0 Å². The van der Waals surface area contributed by atoms with Gasteiger partial charge in [0.05, 0.1) is 45.0 Å². The molecular formula is C39H51Cl2NO11. The standard InChI is InChI=1S/C39H51Cl2NO11/c1-27(43)51-31-22-39(50-24-29-16-8-3-9-17-29)36(45)48-21-13-5-12-20-38(40,41)26-49-37(46)42-33(31)35(53-39)34(44)32(52-30-18-10-4-11-19-30)25-47-23-28-14-6-2-7-15-28/h2-3,6-9,14-17,30-35,44H,4-5,10-13,18-26H2,1H3,(H,42,46)/t31-,32-,33-,34-,35?,39-/m1/s1. The number of fused-ring (bicyclic) bond motifs is 13. The minimum atomic E-state index is -2.16. The maximum Gasteiger partial charge on any atom is 0.407 e. The molecule has 0 spiro atoms. The van der Waals surface area contributed by atoms with Crippen LogP contribution >= 0.6 is 23.2 Å². The summed E-state index contributed by atoms with van der Waals surface area (Å²) in [5.41, 5.74) is 1.65. The normalized spacial score (nSPS) is 27.1. The highest BCUT2D eigenvalue weighted by Crippen LogP contribution is 2.38. The molecule has 12 nitrogen and oxygen atoms in total. The van der Waals surface area contributed by atoms with E-state index in [0.717, 1.165) is 43.2 Å². The van der Waals surface area contributed by atoms with Crippen LogP contribution in [-0.2, 0) is 56.0 Å². The summed E-state index contributed by atoms with van der Waals surface area (Å²) in [6.07, 6.45) is -0.221. The lowest BCUT2D eigenvalue weighted by Gasteiger charge is -2.48. The number of carbonyl (C=O) groups is 3. The number of aliphatic hydroxyl groups is 1. The quantitative estimate of drug-likeness (QED) is 0.142. The zero-order valence-corrected chi connectivity index (χ0v) is 31.6. The second-order valence-electron chi connectivity index (χ2n) is 13.9. The molecule has 53 heavy (non-hydrogen) atoms. The van der Waals surface area contributed by atoms with Gasteiger partial charge >= 0.3 is 18.0 Å². The van der Waals surface area contributed by atoms with Crippen molar-refractivity contribution >= 4 is 41.2 Å². The fourth-order valence-electron chi connectivity index (χ4n) is 6.89. The van der Waals surface area contributed by atoms with Crippen LogP contribution in [0.4, 0.5) is 4.79 Å². The highest BCUT2D eigenvalue weighted by molar-refractivity contribution is 6.48. The van der Waals surface area contributed by atoms with Gasteiger partial charge in [-0.1, -0.05) is 110 Å². The number of alkyl halides is 2. The van der Waals surface area contributed by atoms with Gasteiger partial charge in [0.2, 0.25) is 0 Å². The molecule has 0 aromatic heterocycles. The minimum absolute atomic E-state index is 0.0269. The van der Waals surface area contributed by atoms with Gasteiger partial charge in [-0.3, -0.25) is 4.79 Å². The molecule has 14 heteroatoms. The molecule has 6 atom stereocenters. The Bertz CT molecular complexity index is 1450. The molecule has 4 aliphatic rings. The Balaban J connectivity index is 1.52. The van der Waals surface area contributed by atoms with Crippen molar-refractivity contribution in [2.75, 3.05) is 19.8 Å². The van der Waals surface area contributed by atoms with E-state index in [1.54, 1.807) is 0 Å². The van der Waals surface area contributed by atoms with E-state index in [2.05, 4.69) is 5.32 Å². The second kappa shape index (κ2) is 20.1. The van der Waals surface area contributed by atoms with E-state index < -0.39 is 58.6 Å². The summed E-state index contributed by atoms with van der Waals surface area (Å²) in [5, 5.41) is 15.1. The van der Waals surface area contributed by atoms with E-state index in [1.165, 1.54) is 6.92 Å². The Labute approximate surface area is 321 Å². The largest absolute Gasteiger partial charge is 0.462 e. The van der Waals surface area contributed by atoms with Crippen molar-refractivity contribution in [1.82, 2.24) is 5.32 Å². The summed E-state index contributed by atoms with van der Waals surface area (Å²) < 4.78 is 41.2. The van der Waals surface area contributed by atoms with E-state index in [9.17, 15) is 19.5 Å². The monoisotopic (exact) mass is 779 g/mol. The van der Waals surface area contributed by atoms with Crippen LogP contribution in [-0.4, -0.2) is 89.6 Å². The smallest absolute Gasteiger partial charge is 0.407 e. The second-order valence-corrected chi connectivity index (χ2v) is 15.6. The summed E-state index contributed by atoms with van der Waals surface area (Å²) in [4.78, 5) is 40.2. The Morgan fingerprint density at radius 2 is 1.58 bits per heavy atom. The fraction of sp³-hybridized carbons (Fsp3) is 0.615. The molecule has 0 radical (unpaired) electrons. The number of esters is 2. The van der Waals surface area contributed by atoms with Crippen LogP contribution in [0.1, 0.15) is 82.3 Å². The van der Waals surface area contributed by atoms with Gasteiger partial charge in [-0.05, 0) is 43.2 Å². The Morgan fingerprint density at radius 1 is 0.925 bits per heavy atom. The number of aliphatic hydroxyl groups excluding tert-OH is 1. The molecule has 292 valence electrons. The average molecular weight is 781 g/mol. The van der Waals surface area contributed by atoms with Gasteiger partial charge in [-0.2, -0.15) is 0 Å². The van der Waals surface area contributed by atoms with Gasteiger partial charge in [-0.25, -0.2) is 9.59 Å². The molecule has 1 amide bonds. The number of hydrogen-bond acceptors (Lipinski definition) is 11. The number of alkyl carbamates (subject to hydrolysis) is 1. The first-order valence-electron chi connectivity index (χ1n) is 18.5. The predicted octanol–water partition coefficient (Wildman–Crippen LogP) is 6.30. The van der Waals surface area contributed by atoms with Crippen LogP contribution in [0.3, 0.4) is 0 Å². The lowest BCUT2D eigenvalue weighted by molar-refractivity contribution is -0.319. The Kier molecular flexibility index (Phi) is 15.6. The van der Waals surface area contributed by atoms with Crippen molar-refractivity contribution in [3.8, 4) is 0 Å². The SMILES string of the molecule is CC(=O)O[C@@H]1C[C@@]2(OCc3ccccc3)OC([C@H](O)[C@@H](COCc3ccccc3)OC3CCCCC3)[C@@H]1NC(=O)OCC(Cl)(Cl)CCCCCOC2=O. The number of halogens is 2. The van der Waals surface area contributed by atoms with Crippen LogP contribution in [0.15, 0.2) is 60.7 Å². The van der Waals surface area contributed by atoms with Gasteiger partial charge in [0, 0.05) is 6.92 Å². The lowest BCUT2D eigenvalue weighted by Crippen LogP contribution is -2.69. The molecule has 2 aromatic rings. The van der Waals surface area contributed by atoms with Crippen molar-refractivity contribution < 1.29 is 52.6 Å². The van der Waals surface area contributed by atoms with E-state index in [4.69, 9.17) is 56.4 Å². The fourth-order valence-corrected chi connectivity index (χ4v) is 7.27. The first-order chi connectivity index (χ1) is 25.5. The van der Waals surface area contributed by atoms with Crippen molar-refractivity contribution in [3.05, 3.63) is 71.8 Å². The molecular weight excluding hydrogens is 729 g/mol. The van der Waals surface area contributed by atoms with E-state index >= 15 is 0 Å². The van der Waals surface area contributed by atoms with Crippen molar-refractivity contribution in [3.63, 3.8) is 0 Å². The van der Waals surface area contributed by atoms with E-state index in [1.807, 2.05) is 60.7 Å². The number of nitrogens with one attached hydrogen (secondary N) is 1. The molecule has 1 saturated carbocycles. The highest BCUT2D eigenvalue weighted by atomic mass is 35.5. The summed E-state index contributed by atoms with van der Waals surface area (Å²) in [6.45, 7) is 0.990. The number of hydrogen-bond donors (Lipinski definition) is 2. The molecule has 2 bridgehead atoms. The number of benzene rings is 2. The van der Waals surface area contributed by atoms with Crippen LogP contribution < -0.4 is 5.32 Å². The molecule has 3 saturated heterocycles. The highest BCUT2D eigenvalue weighted by Gasteiger charge is 2.58. The number of rotatable bonds is 12. The van der Waals surface area contributed by atoms with Crippen molar-refractivity contribution in [2.24, 2.45) is 0 Å². The van der Waals surface area contributed by atoms with Crippen LogP contribution in [0.25, 0.3) is 0 Å². The Morgan fingerprint density at radius 3 is 2.26 bits per heavy atom. The third-order valence-corrected chi connectivity index (χ3v) is 10.2. The third kappa shape index (κ3) is 12.5. The summed E-state index contributed by atoms with van der Waals surface area (Å²) in [5.74, 6) is -3.74. The van der Waals surface area contributed by atoms with Gasteiger partial charge in [-0.15, -0.1) is 0 Å². The Hall–Kier alpha value is -2.97. The first-order valence-corrected chi connectivity index (χ1v) is 19.3.